The molecular weight excluding hydrogens is 445 g/mol. The number of fused-ring (bicyclic) bond motifs is 1. The van der Waals surface area contributed by atoms with E-state index in [4.69, 9.17) is 29.0 Å². The molecule has 1 fully saturated rings. The van der Waals surface area contributed by atoms with E-state index in [1.807, 2.05) is 6.92 Å². The Bertz CT molecular complexity index is 986. The lowest BCUT2D eigenvalue weighted by molar-refractivity contribution is -0.143. The van der Waals surface area contributed by atoms with Gasteiger partial charge in [0.1, 0.15) is 6.23 Å². The van der Waals surface area contributed by atoms with Crippen molar-refractivity contribution in [1.29, 1.82) is 0 Å². The second-order valence-corrected chi connectivity index (χ2v) is 8.74. The van der Waals surface area contributed by atoms with Crippen molar-refractivity contribution in [3.05, 3.63) is 6.33 Å². The number of phosphoric acid groups is 1. The number of ether oxygens (including phenoxy) is 3. The molecule has 1 saturated heterocycles. The van der Waals surface area contributed by atoms with Crippen LogP contribution in [0.5, 0.6) is 5.88 Å². The molecule has 0 bridgehead atoms. The molecule has 13 nitrogen and oxygen atoms in total. The highest BCUT2D eigenvalue weighted by Gasteiger charge is 2.36. The molecule has 0 aliphatic carbocycles. The summed E-state index contributed by atoms with van der Waals surface area (Å²) in [5.74, 6) is -0.0475. The second-order valence-electron chi connectivity index (χ2n) is 7.28. The molecule has 0 radical (unpaired) electrons. The van der Waals surface area contributed by atoms with E-state index < -0.39 is 20.2 Å². The summed E-state index contributed by atoms with van der Waals surface area (Å²) in [7, 11) is -2.81. The van der Waals surface area contributed by atoms with Gasteiger partial charge in [0.15, 0.2) is 11.2 Å². The van der Waals surface area contributed by atoms with E-state index in [1.54, 1.807) is 17.8 Å². The van der Waals surface area contributed by atoms with Gasteiger partial charge in [0.05, 0.1) is 39.4 Å². The Labute approximate surface area is 184 Å². The van der Waals surface area contributed by atoms with Gasteiger partial charge >= 0.3 is 13.8 Å². The number of anilines is 1. The largest absolute Gasteiger partial charge is 0.479 e. The quantitative estimate of drug-likeness (QED) is 0.276. The number of aromatic nitrogens is 4. The lowest BCUT2D eigenvalue weighted by atomic mass is 10.1. The molecule has 1 aliphatic rings. The van der Waals surface area contributed by atoms with Gasteiger partial charge in [0, 0.05) is 12.3 Å². The lowest BCUT2D eigenvalue weighted by Gasteiger charge is -2.18. The van der Waals surface area contributed by atoms with Crippen LogP contribution in [0.1, 0.15) is 39.3 Å². The van der Waals surface area contributed by atoms with E-state index >= 15 is 0 Å². The third kappa shape index (κ3) is 5.93. The number of rotatable bonds is 11. The molecule has 0 amide bonds. The van der Waals surface area contributed by atoms with Crippen LogP contribution in [0.15, 0.2) is 6.33 Å². The van der Waals surface area contributed by atoms with E-state index in [9.17, 15) is 14.3 Å². The number of methoxy groups -OCH3 is 1. The van der Waals surface area contributed by atoms with Crippen LogP contribution in [0.2, 0.25) is 0 Å². The second kappa shape index (κ2) is 10.5. The topological polar surface area (TPSA) is 170 Å². The molecule has 3 N–H and O–H groups in total. The van der Waals surface area contributed by atoms with E-state index in [0.717, 1.165) is 0 Å². The summed E-state index contributed by atoms with van der Waals surface area (Å²) in [6.07, 6.45) is 1.60. The molecule has 178 valence electrons. The standard InChI is InChI=1S/C18H28N5O8P/c1-4-28-13(24)6-5-7-29-32(25,26)30-9-12-8-11(2)17(31-12)23-10-20-14-15(23)21-18(19)22-16(14)27-3/h10-12,17H,4-9H2,1-3H3,(H,25,26)(H2,19,21,22). The number of carbonyl (C=O) groups excluding carboxylic acids is 1. The molecule has 3 rings (SSSR count). The van der Waals surface area contributed by atoms with Crippen molar-refractivity contribution in [2.24, 2.45) is 5.92 Å². The van der Waals surface area contributed by atoms with Crippen LogP contribution in [-0.2, 0) is 27.9 Å². The Kier molecular flexibility index (Phi) is 8.01. The maximum absolute atomic E-state index is 12.1. The molecule has 14 heteroatoms. The van der Waals surface area contributed by atoms with Crippen molar-refractivity contribution in [2.75, 3.05) is 32.7 Å². The predicted molar refractivity (Wildman–Crippen MR) is 112 cm³/mol. The Morgan fingerprint density at radius 1 is 1.41 bits per heavy atom. The highest BCUT2D eigenvalue weighted by molar-refractivity contribution is 7.47. The molecule has 2 aromatic heterocycles. The van der Waals surface area contributed by atoms with Crippen molar-refractivity contribution >= 4 is 30.9 Å². The Morgan fingerprint density at radius 3 is 2.91 bits per heavy atom. The molecule has 4 unspecified atom stereocenters. The van der Waals surface area contributed by atoms with Crippen molar-refractivity contribution in [3.8, 4) is 5.88 Å². The molecule has 32 heavy (non-hydrogen) atoms. The average molecular weight is 473 g/mol. The number of phosphoric ester groups is 1. The summed E-state index contributed by atoms with van der Waals surface area (Å²) in [6.45, 7) is 3.71. The van der Waals surface area contributed by atoms with Crippen LogP contribution in [0.3, 0.4) is 0 Å². The highest BCUT2D eigenvalue weighted by atomic mass is 31.2. The molecule has 0 spiro atoms. The molecule has 1 aliphatic heterocycles. The number of carbonyl (C=O) groups is 1. The van der Waals surface area contributed by atoms with Crippen molar-refractivity contribution in [2.45, 2.75) is 45.4 Å². The van der Waals surface area contributed by atoms with Gasteiger partial charge in [-0.25, -0.2) is 9.55 Å². The summed E-state index contributed by atoms with van der Waals surface area (Å²) in [5, 5.41) is 0. The fourth-order valence-electron chi connectivity index (χ4n) is 3.44. The third-order valence-electron chi connectivity index (χ3n) is 4.84. The van der Waals surface area contributed by atoms with E-state index in [-0.39, 0.29) is 56.4 Å². The predicted octanol–water partition coefficient (Wildman–Crippen LogP) is 1.82. The zero-order valence-corrected chi connectivity index (χ0v) is 19.1. The first kappa shape index (κ1) is 24.3. The highest BCUT2D eigenvalue weighted by Crippen LogP contribution is 2.45. The van der Waals surface area contributed by atoms with Gasteiger partial charge in [0.2, 0.25) is 11.8 Å². The summed E-state index contributed by atoms with van der Waals surface area (Å²) >= 11 is 0. The van der Waals surface area contributed by atoms with Crippen LogP contribution < -0.4 is 10.5 Å². The number of nitrogens with two attached hydrogens (primary N) is 1. The van der Waals surface area contributed by atoms with Crippen LogP contribution in [0.25, 0.3) is 11.2 Å². The van der Waals surface area contributed by atoms with Gasteiger partial charge in [-0.15, -0.1) is 0 Å². The first-order chi connectivity index (χ1) is 15.2. The molecule has 0 aromatic carbocycles. The normalized spacial score (nSPS) is 22.7. The van der Waals surface area contributed by atoms with Crippen molar-refractivity contribution in [1.82, 2.24) is 19.5 Å². The third-order valence-corrected chi connectivity index (χ3v) is 5.82. The van der Waals surface area contributed by atoms with Crippen LogP contribution in [0, 0.1) is 5.92 Å². The minimum absolute atomic E-state index is 0.0340. The van der Waals surface area contributed by atoms with Gasteiger partial charge < -0.3 is 24.8 Å². The van der Waals surface area contributed by atoms with Gasteiger partial charge in [-0.05, 0) is 19.8 Å². The molecule has 4 atom stereocenters. The monoisotopic (exact) mass is 473 g/mol. The maximum atomic E-state index is 12.1. The number of hydrogen-bond acceptors (Lipinski definition) is 11. The number of hydrogen-bond donors (Lipinski definition) is 2. The van der Waals surface area contributed by atoms with E-state index in [1.165, 1.54) is 7.11 Å². The summed E-state index contributed by atoms with van der Waals surface area (Å²) in [6, 6.07) is 0. The fraction of sp³-hybridized carbons (Fsp3) is 0.667. The number of nitrogen functional groups attached to an aromatic ring is 1. The van der Waals surface area contributed by atoms with E-state index in [2.05, 4.69) is 15.0 Å². The molecule has 3 heterocycles. The minimum Gasteiger partial charge on any atom is -0.479 e. The summed E-state index contributed by atoms with van der Waals surface area (Å²) in [4.78, 5) is 33.7. The lowest BCUT2D eigenvalue weighted by Crippen LogP contribution is -2.17. The maximum Gasteiger partial charge on any atom is 0.472 e. The van der Waals surface area contributed by atoms with Gasteiger partial charge in [-0.2, -0.15) is 9.97 Å². The van der Waals surface area contributed by atoms with Crippen molar-refractivity contribution in [3.63, 3.8) is 0 Å². The number of imidazole rings is 1. The van der Waals surface area contributed by atoms with Crippen LogP contribution in [-0.4, -0.2) is 63.4 Å². The smallest absolute Gasteiger partial charge is 0.472 e. The average Bonchev–Trinajstić information content (AvgIpc) is 3.32. The Morgan fingerprint density at radius 2 is 2.19 bits per heavy atom. The minimum atomic E-state index is -4.28. The number of nitrogens with zero attached hydrogens (tertiary/aromatic N) is 4. The summed E-state index contributed by atoms with van der Waals surface area (Å²) < 4.78 is 39.8. The van der Waals surface area contributed by atoms with Crippen LogP contribution >= 0.6 is 7.82 Å². The van der Waals surface area contributed by atoms with Gasteiger partial charge in [0.25, 0.3) is 0 Å². The molecule has 2 aromatic rings. The van der Waals surface area contributed by atoms with Crippen molar-refractivity contribution < 1.29 is 37.5 Å². The summed E-state index contributed by atoms with van der Waals surface area (Å²) in [5.41, 5.74) is 6.68. The van der Waals surface area contributed by atoms with Crippen LogP contribution in [0.4, 0.5) is 5.95 Å². The fourth-order valence-corrected chi connectivity index (χ4v) is 4.23. The SMILES string of the molecule is CCOC(=O)CCCOP(=O)(O)OCC1CC(C)C(n2cnc3c(OC)nc(N)nc32)O1. The zero-order chi connectivity index (χ0) is 23.3. The zero-order valence-electron chi connectivity index (χ0n) is 18.2. The molecule has 0 saturated carbocycles. The van der Waals surface area contributed by atoms with E-state index in [0.29, 0.717) is 17.6 Å². The van der Waals surface area contributed by atoms with Gasteiger partial charge in [-0.1, -0.05) is 6.92 Å². The molecular formula is C18H28N5O8P. The van der Waals surface area contributed by atoms with Gasteiger partial charge in [-0.3, -0.25) is 18.4 Å². The Balaban J connectivity index is 1.54. The first-order valence-electron chi connectivity index (χ1n) is 10.2. The first-order valence-corrected chi connectivity index (χ1v) is 11.7. The Hall–Kier alpha value is -2.31. The number of esters is 1.